The number of quaternary nitrogens is 1. The first-order valence-corrected chi connectivity index (χ1v) is 11.7. The lowest BCUT2D eigenvalue weighted by Gasteiger charge is -2.32. The van der Waals surface area contributed by atoms with E-state index in [0.717, 1.165) is 44.2 Å². The maximum absolute atomic E-state index is 14.0. The summed E-state index contributed by atoms with van der Waals surface area (Å²) in [7, 11) is 0. The summed E-state index contributed by atoms with van der Waals surface area (Å²) in [6, 6.07) is 9.47. The molecule has 0 bridgehead atoms. The molecule has 0 saturated carbocycles. The zero-order valence-electron chi connectivity index (χ0n) is 19.3. The van der Waals surface area contributed by atoms with Gasteiger partial charge in [-0.25, -0.2) is 0 Å². The van der Waals surface area contributed by atoms with Crippen molar-refractivity contribution in [1.82, 2.24) is 0 Å². The topological polar surface area (TPSA) is 64.1 Å². The molecule has 0 spiro atoms. The Kier molecular flexibility index (Phi) is 6.89. The number of alkyl halides is 3. The van der Waals surface area contributed by atoms with Gasteiger partial charge in [-0.3, -0.25) is 4.79 Å². The molecule has 34 heavy (non-hydrogen) atoms. The molecule has 2 atom stereocenters. The van der Waals surface area contributed by atoms with Crippen molar-refractivity contribution in [3.05, 3.63) is 63.5 Å². The van der Waals surface area contributed by atoms with Crippen LogP contribution in [0.2, 0.25) is 0 Å². The molecule has 1 aliphatic heterocycles. The van der Waals surface area contributed by atoms with Gasteiger partial charge in [-0.05, 0) is 61.9 Å². The third kappa shape index (κ3) is 4.78. The van der Waals surface area contributed by atoms with Crippen molar-refractivity contribution in [2.45, 2.75) is 64.7 Å². The molecule has 1 aromatic heterocycles. The number of likely N-dealkylation sites (tertiary alicyclic amines) is 1. The number of ether oxygens (including phenoxy) is 1. The Morgan fingerprint density at radius 2 is 1.85 bits per heavy atom. The van der Waals surface area contributed by atoms with Gasteiger partial charge in [-0.2, -0.15) is 13.2 Å². The van der Waals surface area contributed by atoms with Crippen LogP contribution in [-0.4, -0.2) is 17.7 Å². The van der Waals surface area contributed by atoms with Crippen LogP contribution in [0, 0.1) is 0 Å². The van der Waals surface area contributed by atoms with E-state index >= 15 is 0 Å². The van der Waals surface area contributed by atoms with Gasteiger partial charge in [0.2, 0.25) is 11.2 Å². The van der Waals surface area contributed by atoms with Gasteiger partial charge in [-0.1, -0.05) is 26.0 Å². The second kappa shape index (κ2) is 9.70. The third-order valence-corrected chi connectivity index (χ3v) is 6.68. The number of aryl methyl sites for hydroxylation is 1. The van der Waals surface area contributed by atoms with Crippen molar-refractivity contribution in [1.29, 1.82) is 0 Å². The first-order chi connectivity index (χ1) is 16.2. The van der Waals surface area contributed by atoms with E-state index in [1.165, 1.54) is 29.2 Å². The van der Waals surface area contributed by atoms with E-state index in [-0.39, 0.29) is 34.6 Å². The molecule has 0 aliphatic carbocycles. The summed E-state index contributed by atoms with van der Waals surface area (Å²) in [5.41, 5.74) is 0.0444. The largest absolute Gasteiger partial charge is 0.507 e. The van der Waals surface area contributed by atoms with Crippen LogP contribution in [0.15, 0.2) is 45.6 Å². The third-order valence-electron chi connectivity index (χ3n) is 6.68. The number of piperidine rings is 1. The molecule has 1 aliphatic rings. The lowest BCUT2D eigenvalue weighted by molar-refractivity contribution is -0.944. The summed E-state index contributed by atoms with van der Waals surface area (Å²) in [5.74, 6) is -2.48. The first-order valence-electron chi connectivity index (χ1n) is 11.7. The molecule has 2 N–H and O–H groups in total. The van der Waals surface area contributed by atoms with Crippen molar-refractivity contribution >= 4 is 11.0 Å². The fourth-order valence-electron chi connectivity index (χ4n) is 4.75. The summed E-state index contributed by atoms with van der Waals surface area (Å²) in [6.45, 7) is 5.16. The van der Waals surface area contributed by atoms with Gasteiger partial charge in [0.05, 0.1) is 23.5 Å². The minimum absolute atomic E-state index is 0.0505. The highest BCUT2D eigenvalue weighted by Crippen LogP contribution is 2.39. The Morgan fingerprint density at radius 1 is 1.12 bits per heavy atom. The lowest BCUT2D eigenvalue weighted by Crippen LogP contribution is -3.15. The van der Waals surface area contributed by atoms with Crippen LogP contribution in [-0.2, 0) is 19.1 Å². The molecule has 5 nitrogen and oxygen atoms in total. The first kappa shape index (κ1) is 24.1. The van der Waals surface area contributed by atoms with E-state index in [9.17, 15) is 23.1 Å². The number of fused-ring (bicyclic) bond motifs is 1. The maximum atomic E-state index is 14.0. The Balaban J connectivity index is 1.84. The highest BCUT2D eigenvalue weighted by molar-refractivity contribution is 5.83. The molecular weight excluding hydrogens is 447 g/mol. The fourth-order valence-corrected chi connectivity index (χ4v) is 4.75. The van der Waals surface area contributed by atoms with Gasteiger partial charge in [-0.15, -0.1) is 0 Å². The van der Waals surface area contributed by atoms with Crippen LogP contribution >= 0.6 is 0 Å². The quantitative estimate of drug-likeness (QED) is 0.512. The maximum Gasteiger partial charge on any atom is 0.453 e. The predicted octanol–water partition coefficient (Wildman–Crippen LogP) is 5.22. The molecule has 1 unspecified atom stereocenters. The van der Waals surface area contributed by atoms with Crippen LogP contribution in [0.5, 0.6) is 17.2 Å². The van der Waals surface area contributed by atoms with Crippen molar-refractivity contribution in [2.75, 3.05) is 6.54 Å². The number of aromatic hydroxyl groups is 1. The lowest BCUT2D eigenvalue weighted by atomic mass is 9.98. The number of benzene rings is 2. The minimum atomic E-state index is -4.96. The molecule has 0 amide bonds. The van der Waals surface area contributed by atoms with E-state index in [1.807, 2.05) is 6.92 Å². The summed E-state index contributed by atoms with van der Waals surface area (Å²) < 4.78 is 52.8. The number of nitrogens with one attached hydrogen (secondary N) is 1. The van der Waals surface area contributed by atoms with E-state index in [4.69, 9.17) is 9.15 Å². The van der Waals surface area contributed by atoms with Crippen molar-refractivity contribution < 1.29 is 32.3 Å². The van der Waals surface area contributed by atoms with Gasteiger partial charge in [0, 0.05) is 0 Å². The molecule has 3 aromatic rings. The summed E-state index contributed by atoms with van der Waals surface area (Å²) in [5, 5.41) is 10.5. The summed E-state index contributed by atoms with van der Waals surface area (Å²) >= 11 is 0. The highest BCUT2D eigenvalue weighted by atomic mass is 19.4. The standard InChI is InChI=1S/C26H28F3NO4/c1-3-16-8-10-18(11-9-16)33-24-22(32)19-12-13-21(31)20(23(19)34-25(24)26(27,28)29)15-30-14-6-5-7-17(30)4-2/h8-13,17,31H,3-7,14-15H2,1-2H3/p+1/t17-/m1/s1. The Bertz CT molecular complexity index is 1220. The van der Waals surface area contributed by atoms with E-state index in [0.29, 0.717) is 6.04 Å². The summed E-state index contributed by atoms with van der Waals surface area (Å²) in [4.78, 5) is 14.4. The average molecular weight is 477 g/mol. The summed E-state index contributed by atoms with van der Waals surface area (Å²) in [6.07, 6.45) is -0.146. The predicted molar refractivity (Wildman–Crippen MR) is 123 cm³/mol. The number of rotatable bonds is 6. The van der Waals surface area contributed by atoms with E-state index in [1.54, 1.807) is 12.1 Å². The number of hydrogen-bond donors (Lipinski definition) is 2. The van der Waals surface area contributed by atoms with Crippen LogP contribution in [0.4, 0.5) is 13.2 Å². The van der Waals surface area contributed by atoms with Gasteiger partial charge in [0.1, 0.15) is 18.0 Å². The molecule has 4 rings (SSSR count). The SMILES string of the molecule is CCc1ccc(Oc2c(C(F)(F)F)oc3c(C[NH+]4CCCC[C@H]4CC)c(O)ccc3c2=O)cc1. The zero-order valence-corrected chi connectivity index (χ0v) is 19.3. The van der Waals surface area contributed by atoms with Gasteiger partial charge < -0.3 is 19.2 Å². The Morgan fingerprint density at radius 3 is 2.50 bits per heavy atom. The van der Waals surface area contributed by atoms with Crippen LogP contribution in [0.3, 0.4) is 0 Å². The van der Waals surface area contributed by atoms with Crippen molar-refractivity contribution in [3.8, 4) is 17.2 Å². The molecule has 2 heterocycles. The second-order valence-electron chi connectivity index (χ2n) is 8.81. The van der Waals surface area contributed by atoms with Crippen LogP contribution in [0.25, 0.3) is 11.0 Å². The van der Waals surface area contributed by atoms with Crippen molar-refractivity contribution in [3.63, 3.8) is 0 Å². The molecule has 0 radical (unpaired) electrons. The van der Waals surface area contributed by atoms with Crippen LogP contribution < -0.4 is 15.1 Å². The Hall–Kier alpha value is -3.00. The number of halogens is 3. The average Bonchev–Trinajstić information content (AvgIpc) is 2.82. The zero-order chi connectivity index (χ0) is 24.5. The molecule has 2 aromatic carbocycles. The highest BCUT2D eigenvalue weighted by Gasteiger charge is 2.41. The number of hydrogen-bond acceptors (Lipinski definition) is 4. The van der Waals surface area contributed by atoms with Gasteiger partial charge in [0.15, 0.2) is 5.58 Å². The molecule has 8 heteroatoms. The number of phenolic OH excluding ortho intramolecular Hbond substituents is 1. The van der Waals surface area contributed by atoms with E-state index in [2.05, 4.69) is 6.92 Å². The monoisotopic (exact) mass is 476 g/mol. The number of phenols is 1. The van der Waals surface area contributed by atoms with Crippen LogP contribution in [0.1, 0.15) is 56.4 Å². The molecular formula is C26H29F3NO4+. The second-order valence-corrected chi connectivity index (χ2v) is 8.81. The smallest absolute Gasteiger partial charge is 0.453 e. The fraction of sp³-hybridized carbons (Fsp3) is 0.423. The molecule has 1 fully saturated rings. The normalized spacial score (nSPS) is 18.9. The van der Waals surface area contributed by atoms with Crippen molar-refractivity contribution in [2.24, 2.45) is 0 Å². The molecule has 182 valence electrons. The van der Waals surface area contributed by atoms with E-state index < -0.39 is 23.1 Å². The van der Waals surface area contributed by atoms with Gasteiger partial charge >= 0.3 is 6.18 Å². The molecule has 1 saturated heterocycles. The Labute approximate surface area is 195 Å². The van der Waals surface area contributed by atoms with Gasteiger partial charge in [0.25, 0.3) is 5.76 Å². The minimum Gasteiger partial charge on any atom is -0.507 e.